The fourth-order valence-electron chi connectivity index (χ4n) is 3.47. The Bertz CT molecular complexity index is 890. The van der Waals surface area contributed by atoms with Crippen LogP contribution in [0.4, 0.5) is 5.69 Å². The Labute approximate surface area is 176 Å². The van der Waals surface area contributed by atoms with E-state index in [9.17, 15) is 14.4 Å². The molecule has 0 atom stereocenters. The van der Waals surface area contributed by atoms with Crippen molar-refractivity contribution in [3.05, 3.63) is 59.7 Å². The number of hydrogen-bond donors (Lipinski definition) is 3. The summed E-state index contributed by atoms with van der Waals surface area (Å²) in [6.07, 6.45) is 5.15. The lowest BCUT2D eigenvalue weighted by Gasteiger charge is -2.20. The van der Waals surface area contributed by atoms with Crippen molar-refractivity contribution in [2.75, 3.05) is 11.9 Å². The van der Waals surface area contributed by atoms with E-state index in [0.29, 0.717) is 29.2 Å². The number of nitrogens with one attached hydrogen (secondary N) is 3. The van der Waals surface area contributed by atoms with Crippen LogP contribution in [0.1, 0.15) is 59.7 Å². The van der Waals surface area contributed by atoms with Crippen LogP contribution in [0.5, 0.6) is 5.75 Å². The largest absolute Gasteiger partial charge is 0.494 e. The molecule has 7 heteroatoms. The molecule has 3 rings (SSSR count). The topological polar surface area (TPSA) is 96.5 Å². The molecule has 0 radical (unpaired) electrons. The fraction of sp³-hybridized carbons (Fsp3) is 0.348. The molecule has 0 aliphatic heterocycles. The number of carbonyl (C=O) groups is 3. The van der Waals surface area contributed by atoms with Crippen molar-refractivity contribution in [1.82, 2.24) is 10.9 Å². The van der Waals surface area contributed by atoms with Crippen LogP contribution < -0.4 is 20.9 Å². The monoisotopic (exact) mass is 409 g/mol. The molecule has 2 aromatic carbocycles. The number of rotatable bonds is 6. The van der Waals surface area contributed by atoms with Crippen molar-refractivity contribution >= 4 is 23.4 Å². The Morgan fingerprint density at radius 1 is 0.900 bits per heavy atom. The summed E-state index contributed by atoms with van der Waals surface area (Å²) in [5, 5.41) is 2.90. The summed E-state index contributed by atoms with van der Waals surface area (Å²) >= 11 is 0. The van der Waals surface area contributed by atoms with Gasteiger partial charge in [0.25, 0.3) is 11.8 Å². The summed E-state index contributed by atoms with van der Waals surface area (Å²) < 4.78 is 5.34. The van der Waals surface area contributed by atoms with Gasteiger partial charge >= 0.3 is 0 Å². The van der Waals surface area contributed by atoms with Crippen LogP contribution in [-0.4, -0.2) is 24.3 Å². The molecule has 3 N–H and O–H groups in total. The van der Waals surface area contributed by atoms with Crippen molar-refractivity contribution in [1.29, 1.82) is 0 Å². The van der Waals surface area contributed by atoms with Gasteiger partial charge in [0.05, 0.1) is 6.61 Å². The molecule has 158 valence electrons. The smallest absolute Gasteiger partial charge is 0.269 e. The number of hydrazine groups is 1. The standard InChI is InChI=1S/C23H27N3O4/c1-2-30-20-13-11-17(12-14-20)22(28)25-26-23(29)18-9-6-10-19(15-18)24-21(27)16-7-4-3-5-8-16/h6,9-16H,2-5,7-8H2,1H3,(H,24,27)(H,25,28)(H,26,29). The van der Waals surface area contributed by atoms with Crippen molar-refractivity contribution in [2.45, 2.75) is 39.0 Å². The lowest BCUT2D eigenvalue weighted by Crippen LogP contribution is -2.41. The fourth-order valence-corrected chi connectivity index (χ4v) is 3.47. The Balaban J connectivity index is 1.54. The van der Waals surface area contributed by atoms with Crippen molar-refractivity contribution in [3.8, 4) is 5.75 Å². The van der Waals surface area contributed by atoms with E-state index in [1.165, 1.54) is 6.42 Å². The minimum atomic E-state index is -0.469. The quantitative estimate of drug-likeness (QED) is 0.634. The van der Waals surface area contributed by atoms with E-state index >= 15 is 0 Å². The van der Waals surface area contributed by atoms with Crippen molar-refractivity contribution in [3.63, 3.8) is 0 Å². The molecule has 2 aromatic rings. The van der Waals surface area contributed by atoms with Crippen LogP contribution in [0.3, 0.4) is 0 Å². The maximum atomic E-state index is 12.4. The van der Waals surface area contributed by atoms with E-state index < -0.39 is 11.8 Å². The molecule has 3 amide bonds. The average molecular weight is 409 g/mol. The van der Waals surface area contributed by atoms with Gasteiger partial charge in [-0.05, 0) is 62.2 Å². The minimum absolute atomic E-state index is 0.00365. The van der Waals surface area contributed by atoms with Crippen LogP contribution in [0.2, 0.25) is 0 Å². The number of benzene rings is 2. The Hall–Kier alpha value is -3.35. The summed E-state index contributed by atoms with van der Waals surface area (Å²) in [6.45, 7) is 2.42. The van der Waals surface area contributed by atoms with E-state index in [0.717, 1.165) is 25.7 Å². The van der Waals surface area contributed by atoms with E-state index in [-0.39, 0.29) is 11.8 Å². The summed E-state index contributed by atoms with van der Waals surface area (Å²) in [7, 11) is 0. The highest BCUT2D eigenvalue weighted by atomic mass is 16.5. The van der Waals surface area contributed by atoms with E-state index in [2.05, 4.69) is 16.2 Å². The number of hydrogen-bond acceptors (Lipinski definition) is 4. The highest BCUT2D eigenvalue weighted by Gasteiger charge is 2.21. The highest BCUT2D eigenvalue weighted by molar-refractivity contribution is 6.00. The molecule has 0 heterocycles. The Morgan fingerprint density at radius 2 is 1.57 bits per heavy atom. The first kappa shape index (κ1) is 21.4. The van der Waals surface area contributed by atoms with Crippen LogP contribution in [0.25, 0.3) is 0 Å². The maximum absolute atomic E-state index is 12.4. The normalized spacial score (nSPS) is 13.9. The number of carbonyl (C=O) groups excluding carboxylic acids is 3. The number of anilines is 1. The average Bonchev–Trinajstić information content (AvgIpc) is 2.78. The Morgan fingerprint density at radius 3 is 2.23 bits per heavy atom. The highest BCUT2D eigenvalue weighted by Crippen LogP contribution is 2.25. The first-order chi connectivity index (χ1) is 14.6. The molecule has 1 aliphatic rings. The van der Waals surface area contributed by atoms with Crippen LogP contribution >= 0.6 is 0 Å². The minimum Gasteiger partial charge on any atom is -0.494 e. The van der Waals surface area contributed by atoms with Gasteiger partial charge in [0, 0.05) is 22.7 Å². The van der Waals surface area contributed by atoms with Gasteiger partial charge < -0.3 is 10.1 Å². The first-order valence-corrected chi connectivity index (χ1v) is 10.3. The van der Waals surface area contributed by atoms with Gasteiger partial charge in [-0.3, -0.25) is 25.2 Å². The number of ether oxygens (including phenoxy) is 1. The first-order valence-electron chi connectivity index (χ1n) is 10.3. The van der Waals surface area contributed by atoms with Crippen molar-refractivity contribution < 1.29 is 19.1 Å². The van der Waals surface area contributed by atoms with Gasteiger partial charge in [0.1, 0.15) is 5.75 Å². The lowest BCUT2D eigenvalue weighted by molar-refractivity contribution is -0.120. The van der Waals surface area contributed by atoms with Gasteiger partial charge in [-0.15, -0.1) is 0 Å². The van der Waals surface area contributed by atoms with Crippen LogP contribution in [-0.2, 0) is 4.79 Å². The summed E-state index contributed by atoms with van der Waals surface area (Å²) in [4.78, 5) is 37.0. The molecule has 7 nitrogen and oxygen atoms in total. The van der Waals surface area contributed by atoms with Gasteiger partial charge in [-0.25, -0.2) is 0 Å². The molecular formula is C23H27N3O4. The molecular weight excluding hydrogens is 382 g/mol. The molecule has 1 saturated carbocycles. The predicted molar refractivity (Wildman–Crippen MR) is 114 cm³/mol. The zero-order valence-electron chi connectivity index (χ0n) is 17.1. The molecule has 0 bridgehead atoms. The van der Waals surface area contributed by atoms with E-state index in [1.807, 2.05) is 6.92 Å². The Kier molecular flexibility index (Phi) is 7.43. The zero-order valence-corrected chi connectivity index (χ0v) is 17.1. The summed E-state index contributed by atoms with van der Waals surface area (Å²) in [5.74, 6) is -0.206. The van der Waals surface area contributed by atoms with E-state index in [4.69, 9.17) is 4.74 Å². The summed E-state index contributed by atoms with van der Waals surface area (Å²) in [5.41, 5.74) is 6.09. The third-order valence-corrected chi connectivity index (χ3v) is 5.09. The SMILES string of the molecule is CCOc1ccc(C(=O)NNC(=O)c2cccc(NC(=O)C3CCCCC3)c2)cc1. The number of amides is 3. The summed E-state index contributed by atoms with van der Waals surface area (Å²) in [6, 6.07) is 13.3. The third-order valence-electron chi connectivity index (χ3n) is 5.09. The van der Waals surface area contributed by atoms with E-state index in [1.54, 1.807) is 48.5 Å². The molecule has 0 spiro atoms. The van der Waals surface area contributed by atoms with Crippen LogP contribution in [0.15, 0.2) is 48.5 Å². The second-order valence-electron chi connectivity index (χ2n) is 7.27. The van der Waals surface area contributed by atoms with Crippen LogP contribution in [0, 0.1) is 5.92 Å². The zero-order chi connectivity index (χ0) is 21.3. The third kappa shape index (κ3) is 5.83. The van der Waals surface area contributed by atoms with Gasteiger partial charge in [0.2, 0.25) is 5.91 Å². The molecule has 1 aliphatic carbocycles. The predicted octanol–water partition coefficient (Wildman–Crippen LogP) is 3.68. The molecule has 0 unspecified atom stereocenters. The second kappa shape index (κ2) is 10.4. The molecule has 0 saturated heterocycles. The lowest BCUT2D eigenvalue weighted by atomic mass is 9.88. The second-order valence-corrected chi connectivity index (χ2v) is 7.27. The van der Waals surface area contributed by atoms with Gasteiger partial charge in [0.15, 0.2) is 0 Å². The molecule has 0 aromatic heterocycles. The van der Waals surface area contributed by atoms with Crippen molar-refractivity contribution in [2.24, 2.45) is 5.92 Å². The molecule has 30 heavy (non-hydrogen) atoms. The maximum Gasteiger partial charge on any atom is 0.269 e. The van der Waals surface area contributed by atoms with Gasteiger partial charge in [-0.1, -0.05) is 25.3 Å². The molecule has 1 fully saturated rings. The van der Waals surface area contributed by atoms with Gasteiger partial charge in [-0.2, -0.15) is 0 Å².